The predicted molar refractivity (Wildman–Crippen MR) is 71.3 cm³/mol. The molecule has 4 nitrogen and oxygen atoms in total. The summed E-state index contributed by atoms with van der Waals surface area (Å²) < 4.78 is 4.80. The lowest BCUT2D eigenvalue weighted by Crippen LogP contribution is -2.34. The van der Waals surface area contributed by atoms with Gasteiger partial charge in [-0.3, -0.25) is 4.79 Å². The highest BCUT2D eigenvalue weighted by Crippen LogP contribution is 2.27. The largest absolute Gasteiger partial charge is 0.389 e. The van der Waals surface area contributed by atoms with E-state index in [-0.39, 0.29) is 19.1 Å². The molecule has 0 bridgehead atoms. The number of ether oxygens (including phenoxy) is 1. The van der Waals surface area contributed by atoms with Gasteiger partial charge in [-0.2, -0.15) is 0 Å². The summed E-state index contributed by atoms with van der Waals surface area (Å²) in [5.41, 5.74) is 0. The number of hydrogen-bond donors (Lipinski definition) is 2. The van der Waals surface area contributed by atoms with E-state index in [9.17, 15) is 9.90 Å². The third-order valence-corrected chi connectivity index (χ3v) is 3.63. The summed E-state index contributed by atoms with van der Waals surface area (Å²) in [6.45, 7) is 0.554. The molecule has 106 valence electrons. The quantitative estimate of drug-likeness (QED) is 0.698. The third-order valence-electron chi connectivity index (χ3n) is 3.63. The van der Waals surface area contributed by atoms with Crippen LogP contribution in [-0.2, 0) is 9.53 Å². The maximum absolute atomic E-state index is 11.5. The van der Waals surface area contributed by atoms with Crippen molar-refractivity contribution in [3.63, 3.8) is 0 Å². The molecule has 1 atom stereocenters. The highest BCUT2D eigenvalue weighted by Gasteiger charge is 2.13. The summed E-state index contributed by atoms with van der Waals surface area (Å²) in [7, 11) is 1.54. The average Bonchev–Trinajstić information content (AvgIpc) is 2.38. The van der Waals surface area contributed by atoms with E-state index in [0.717, 1.165) is 12.3 Å². The lowest BCUT2D eigenvalue weighted by atomic mass is 9.86. The van der Waals surface area contributed by atoms with Crippen LogP contribution in [-0.4, -0.2) is 37.4 Å². The van der Waals surface area contributed by atoms with Gasteiger partial charge in [0.2, 0.25) is 5.91 Å². The van der Waals surface area contributed by atoms with Gasteiger partial charge in [0.25, 0.3) is 0 Å². The zero-order chi connectivity index (χ0) is 13.2. The first-order valence-electron chi connectivity index (χ1n) is 7.16. The second-order valence-electron chi connectivity index (χ2n) is 5.31. The molecule has 0 aromatic carbocycles. The fraction of sp³-hybridized carbons (Fsp3) is 0.929. The minimum absolute atomic E-state index is 0.0426. The molecular formula is C14H27NO3. The van der Waals surface area contributed by atoms with Crippen LogP contribution in [0.1, 0.15) is 51.4 Å². The lowest BCUT2D eigenvalue weighted by Gasteiger charge is -2.21. The number of aliphatic hydroxyl groups is 1. The minimum Gasteiger partial charge on any atom is -0.389 e. The molecule has 1 aliphatic rings. The maximum Gasteiger partial charge on any atom is 0.220 e. The molecule has 1 fully saturated rings. The van der Waals surface area contributed by atoms with Crippen LogP contribution in [0.4, 0.5) is 0 Å². The molecule has 18 heavy (non-hydrogen) atoms. The molecule has 0 radical (unpaired) electrons. The molecule has 1 aliphatic carbocycles. The van der Waals surface area contributed by atoms with Crippen molar-refractivity contribution in [2.45, 2.75) is 57.5 Å². The number of aliphatic hydroxyl groups excluding tert-OH is 1. The smallest absolute Gasteiger partial charge is 0.220 e. The van der Waals surface area contributed by atoms with Crippen LogP contribution in [0.3, 0.4) is 0 Å². The van der Waals surface area contributed by atoms with E-state index in [2.05, 4.69) is 5.32 Å². The fourth-order valence-corrected chi connectivity index (χ4v) is 2.60. The molecule has 1 amide bonds. The number of nitrogens with one attached hydrogen (secondary N) is 1. The Morgan fingerprint density at radius 2 is 2.11 bits per heavy atom. The monoisotopic (exact) mass is 257 g/mol. The molecule has 1 rings (SSSR count). The fourth-order valence-electron chi connectivity index (χ4n) is 2.60. The molecule has 1 unspecified atom stereocenters. The molecule has 1 saturated carbocycles. The first kappa shape index (κ1) is 15.4. The Morgan fingerprint density at radius 3 is 2.78 bits per heavy atom. The van der Waals surface area contributed by atoms with Gasteiger partial charge in [0.15, 0.2) is 0 Å². The predicted octanol–water partition coefficient (Wildman–Crippen LogP) is 1.86. The van der Waals surface area contributed by atoms with Crippen molar-refractivity contribution < 1.29 is 14.6 Å². The van der Waals surface area contributed by atoms with Crippen molar-refractivity contribution in [2.24, 2.45) is 5.92 Å². The Kier molecular flexibility index (Phi) is 8.01. The summed E-state index contributed by atoms with van der Waals surface area (Å²) in [4.78, 5) is 11.5. The van der Waals surface area contributed by atoms with Crippen LogP contribution in [0, 0.1) is 5.92 Å². The maximum atomic E-state index is 11.5. The average molecular weight is 257 g/mol. The highest BCUT2D eigenvalue weighted by atomic mass is 16.5. The number of carbonyl (C=O) groups is 1. The second kappa shape index (κ2) is 9.34. The molecule has 0 aromatic heterocycles. The van der Waals surface area contributed by atoms with Crippen molar-refractivity contribution in [1.29, 1.82) is 0 Å². The van der Waals surface area contributed by atoms with Gasteiger partial charge >= 0.3 is 0 Å². The van der Waals surface area contributed by atoms with E-state index in [0.29, 0.717) is 6.42 Å². The number of amides is 1. The van der Waals surface area contributed by atoms with Crippen LogP contribution in [0.2, 0.25) is 0 Å². The first-order chi connectivity index (χ1) is 8.72. The Morgan fingerprint density at radius 1 is 1.39 bits per heavy atom. The summed E-state index contributed by atoms with van der Waals surface area (Å²) in [5.74, 6) is 0.881. The molecule has 0 saturated heterocycles. The molecule has 0 aliphatic heterocycles. The van der Waals surface area contributed by atoms with Gasteiger partial charge in [-0.15, -0.1) is 0 Å². The van der Waals surface area contributed by atoms with Crippen molar-refractivity contribution in [3.8, 4) is 0 Å². The van der Waals surface area contributed by atoms with Crippen molar-refractivity contribution in [3.05, 3.63) is 0 Å². The standard InChI is InChI=1S/C14H27NO3/c1-18-11-13(16)10-15-14(17)9-5-8-12-6-3-2-4-7-12/h12-13,16H,2-11H2,1H3,(H,15,17). The molecule has 0 spiro atoms. The Labute approximate surface area is 110 Å². The molecule has 0 aromatic rings. The number of hydrogen-bond acceptors (Lipinski definition) is 3. The SMILES string of the molecule is COCC(O)CNC(=O)CCCC1CCCCC1. The van der Waals surface area contributed by atoms with E-state index in [1.165, 1.54) is 45.6 Å². The number of rotatable bonds is 8. The lowest BCUT2D eigenvalue weighted by molar-refractivity contribution is -0.121. The Hall–Kier alpha value is -0.610. The molecule has 2 N–H and O–H groups in total. The minimum atomic E-state index is -0.600. The Balaban J connectivity index is 1.99. The summed E-state index contributed by atoms with van der Waals surface area (Å²) in [5, 5.41) is 12.1. The summed E-state index contributed by atoms with van der Waals surface area (Å²) in [6.07, 6.45) is 8.91. The van der Waals surface area contributed by atoms with Crippen molar-refractivity contribution in [2.75, 3.05) is 20.3 Å². The second-order valence-corrected chi connectivity index (χ2v) is 5.31. The van der Waals surface area contributed by atoms with Gasteiger partial charge in [-0.1, -0.05) is 32.1 Å². The van der Waals surface area contributed by atoms with E-state index < -0.39 is 6.10 Å². The third kappa shape index (κ3) is 6.97. The Bertz CT molecular complexity index is 227. The van der Waals surface area contributed by atoms with Crippen molar-refractivity contribution >= 4 is 5.91 Å². The number of carbonyl (C=O) groups excluding carboxylic acids is 1. The number of methoxy groups -OCH3 is 1. The van der Waals surface area contributed by atoms with Crippen LogP contribution < -0.4 is 5.32 Å². The van der Waals surface area contributed by atoms with Crippen LogP contribution >= 0.6 is 0 Å². The van der Waals surface area contributed by atoms with Gasteiger partial charge in [0.1, 0.15) is 0 Å². The zero-order valence-corrected chi connectivity index (χ0v) is 11.5. The van der Waals surface area contributed by atoms with Gasteiger partial charge < -0.3 is 15.2 Å². The van der Waals surface area contributed by atoms with Crippen LogP contribution in [0.25, 0.3) is 0 Å². The van der Waals surface area contributed by atoms with E-state index >= 15 is 0 Å². The van der Waals surface area contributed by atoms with E-state index in [1.54, 1.807) is 0 Å². The molecule has 0 heterocycles. The van der Waals surface area contributed by atoms with E-state index in [4.69, 9.17) is 4.74 Å². The van der Waals surface area contributed by atoms with Crippen LogP contribution in [0.5, 0.6) is 0 Å². The van der Waals surface area contributed by atoms with Gasteiger partial charge in [-0.25, -0.2) is 0 Å². The first-order valence-corrected chi connectivity index (χ1v) is 7.16. The highest BCUT2D eigenvalue weighted by molar-refractivity contribution is 5.75. The summed E-state index contributed by atoms with van der Waals surface area (Å²) >= 11 is 0. The van der Waals surface area contributed by atoms with Gasteiger partial charge in [0.05, 0.1) is 12.7 Å². The van der Waals surface area contributed by atoms with E-state index in [1.807, 2.05) is 0 Å². The molecule has 4 heteroatoms. The normalized spacial score (nSPS) is 18.6. The van der Waals surface area contributed by atoms with Crippen molar-refractivity contribution in [1.82, 2.24) is 5.32 Å². The topological polar surface area (TPSA) is 58.6 Å². The van der Waals surface area contributed by atoms with Gasteiger partial charge in [-0.05, 0) is 18.8 Å². The zero-order valence-electron chi connectivity index (χ0n) is 11.5. The molecular weight excluding hydrogens is 230 g/mol. The van der Waals surface area contributed by atoms with Crippen LogP contribution in [0.15, 0.2) is 0 Å². The van der Waals surface area contributed by atoms with Gasteiger partial charge in [0, 0.05) is 20.1 Å². The summed E-state index contributed by atoms with van der Waals surface area (Å²) in [6, 6.07) is 0.